The number of benzene rings is 1. The van der Waals surface area contributed by atoms with Crippen molar-refractivity contribution in [2.24, 2.45) is 7.05 Å². The van der Waals surface area contributed by atoms with Crippen LogP contribution in [0.25, 0.3) is 0 Å². The molecule has 6 heteroatoms. The Morgan fingerprint density at radius 1 is 1.24 bits per heavy atom. The zero-order valence-corrected chi connectivity index (χ0v) is 15.1. The van der Waals surface area contributed by atoms with Gasteiger partial charge in [0.15, 0.2) is 0 Å². The number of carbonyl (C=O) groups excluding carboxylic acids is 2. The molecule has 25 heavy (non-hydrogen) atoms. The van der Waals surface area contributed by atoms with Crippen molar-refractivity contribution in [3.8, 4) is 5.75 Å². The number of nitrogens with zero attached hydrogens (tertiary/aromatic N) is 3. The summed E-state index contributed by atoms with van der Waals surface area (Å²) < 4.78 is 7.04. The number of esters is 1. The molecule has 0 bridgehead atoms. The Hall–Kier alpha value is -2.63. The van der Waals surface area contributed by atoms with Crippen molar-refractivity contribution in [1.82, 2.24) is 9.78 Å². The van der Waals surface area contributed by atoms with E-state index in [9.17, 15) is 9.59 Å². The molecule has 0 radical (unpaired) electrons. The van der Waals surface area contributed by atoms with E-state index in [4.69, 9.17) is 4.74 Å². The Balaban J connectivity index is 1.80. The van der Waals surface area contributed by atoms with Gasteiger partial charge in [-0.3, -0.25) is 9.48 Å². The van der Waals surface area contributed by atoms with Gasteiger partial charge in [-0.05, 0) is 24.6 Å². The Bertz CT molecular complexity index is 818. The van der Waals surface area contributed by atoms with Crippen LogP contribution in [0.1, 0.15) is 49.8 Å². The van der Waals surface area contributed by atoms with Crippen LogP contribution >= 0.6 is 0 Å². The molecule has 1 aromatic carbocycles. The standard InChI is InChI=1S/C19H23N3O3/c1-19(2,3)16-12-15(21(4)20-16)18(24)25-14-8-5-7-13(11-14)22-10-6-9-17(22)23/h5,7-8,11-12H,6,9-10H2,1-4H3. The quantitative estimate of drug-likeness (QED) is 0.636. The third-order valence-electron chi connectivity index (χ3n) is 4.27. The fraction of sp³-hybridized carbons (Fsp3) is 0.421. The summed E-state index contributed by atoms with van der Waals surface area (Å²) in [6, 6.07) is 8.83. The fourth-order valence-corrected chi connectivity index (χ4v) is 2.82. The molecule has 0 aliphatic carbocycles. The van der Waals surface area contributed by atoms with Crippen LogP contribution < -0.4 is 9.64 Å². The molecule has 1 saturated heterocycles. The molecule has 1 aliphatic rings. The number of aromatic nitrogens is 2. The molecule has 1 fully saturated rings. The lowest BCUT2D eigenvalue weighted by Crippen LogP contribution is -2.23. The molecule has 3 rings (SSSR count). The van der Waals surface area contributed by atoms with Crippen molar-refractivity contribution in [1.29, 1.82) is 0 Å². The zero-order chi connectivity index (χ0) is 18.2. The van der Waals surface area contributed by atoms with Crippen LogP contribution in [-0.2, 0) is 17.3 Å². The number of hydrogen-bond acceptors (Lipinski definition) is 4. The highest BCUT2D eigenvalue weighted by atomic mass is 16.5. The van der Waals surface area contributed by atoms with Gasteiger partial charge >= 0.3 is 5.97 Å². The molecular formula is C19H23N3O3. The first-order chi connectivity index (χ1) is 11.8. The van der Waals surface area contributed by atoms with Crippen molar-refractivity contribution in [3.05, 3.63) is 41.7 Å². The molecule has 0 unspecified atom stereocenters. The summed E-state index contributed by atoms with van der Waals surface area (Å²) >= 11 is 0. The molecule has 6 nitrogen and oxygen atoms in total. The SMILES string of the molecule is Cn1nc(C(C)(C)C)cc1C(=O)Oc1cccc(N2CCCC2=O)c1. The normalized spacial score (nSPS) is 14.9. The molecule has 2 heterocycles. The summed E-state index contributed by atoms with van der Waals surface area (Å²) in [5.41, 5.74) is 1.84. The van der Waals surface area contributed by atoms with Gasteiger partial charge in [-0.1, -0.05) is 26.8 Å². The van der Waals surface area contributed by atoms with Crippen molar-refractivity contribution >= 4 is 17.6 Å². The molecule has 0 atom stereocenters. The molecule has 2 aromatic rings. The minimum absolute atomic E-state index is 0.102. The van der Waals surface area contributed by atoms with Crippen LogP contribution in [0, 0.1) is 0 Å². The van der Waals surface area contributed by atoms with Crippen molar-refractivity contribution in [3.63, 3.8) is 0 Å². The van der Waals surface area contributed by atoms with Crippen LogP contribution in [-0.4, -0.2) is 28.2 Å². The predicted molar refractivity (Wildman–Crippen MR) is 94.9 cm³/mol. The maximum atomic E-state index is 12.5. The van der Waals surface area contributed by atoms with E-state index in [1.807, 2.05) is 26.8 Å². The second kappa shape index (κ2) is 6.35. The van der Waals surface area contributed by atoms with Gasteiger partial charge in [0.1, 0.15) is 11.4 Å². The highest BCUT2D eigenvalue weighted by Crippen LogP contribution is 2.26. The molecule has 1 aromatic heterocycles. The van der Waals surface area contributed by atoms with Crippen LogP contribution in [0.4, 0.5) is 5.69 Å². The average molecular weight is 341 g/mol. The van der Waals surface area contributed by atoms with Gasteiger partial charge in [0.05, 0.1) is 5.69 Å². The Labute approximate surface area is 147 Å². The third kappa shape index (κ3) is 3.57. The molecule has 0 N–H and O–H groups in total. The van der Waals surface area contributed by atoms with Crippen LogP contribution in [0.15, 0.2) is 30.3 Å². The number of carbonyl (C=O) groups is 2. The van der Waals surface area contributed by atoms with Gasteiger partial charge in [0.25, 0.3) is 0 Å². The van der Waals surface area contributed by atoms with E-state index in [0.29, 0.717) is 24.4 Å². The van der Waals surface area contributed by atoms with E-state index in [-0.39, 0.29) is 11.3 Å². The predicted octanol–water partition coefficient (Wildman–Crippen LogP) is 3.06. The Morgan fingerprint density at radius 2 is 2.00 bits per heavy atom. The van der Waals surface area contributed by atoms with Gasteiger partial charge in [0, 0.05) is 37.2 Å². The van der Waals surface area contributed by atoms with E-state index in [2.05, 4.69) is 5.10 Å². The number of rotatable bonds is 3. The van der Waals surface area contributed by atoms with Crippen LogP contribution in [0.2, 0.25) is 0 Å². The monoisotopic (exact) mass is 341 g/mol. The van der Waals surface area contributed by atoms with Gasteiger partial charge in [-0.2, -0.15) is 5.10 Å². The molecule has 132 valence electrons. The summed E-state index contributed by atoms with van der Waals surface area (Å²) in [5, 5.41) is 4.40. The van der Waals surface area contributed by atoms with E-state index >= 15 is 0 Å². The lowest BCUT2D eigenvalue weighted by atomic mass is 9.92. The first-order valence-corrected chi connectivity index (χ1v) is 8.43. The lowest BCUT2D eigenvalue weighted by molar-refractivity contribution is -0.117. The second-order valence-electron chi connectivity index (χ2n) is 7.32. The Morgan fingerprint density at radius 3 is 2.60 bits per heavy atom. The number of ether oxygens (including phenoxy) is 1. The average Bonchev–Trinajstić information content (AvgIpc) is 3.13. The number of amides is 1. The Kier molecular flexibility index (Phi) is 4.37. The van der Waals surface area contributed by atoms with E-state index < -0.39 is 5.97 Å². The smallest absolute Gasteiger partial charge is 0.361 e. The van der Waals surface area contributed by atoms with Gasteiger partial charge in [0.2, 0.25) is 5.91 Å². The largest absolute Gasteiger partial charge is 0.422 e. The number of aryl methyl sites for hydroxylation is 1. The van der Waals surface area contributed by atoms with Crippen LogP contribution in [0.3, 0.4) is 0 Å². The summed E-state index contributed by atoms with van der Waals surface area (Å²) in [6.07, 6.45) is 1.42. The summed E-state index contributed by atoms with van der Waals surface area (Å²) in [5.74, 6) is 0.0565. The van der Waals surface area contributed by atoms with E-state index in [1.54, 1.807) is 36.2 Å². The summed E-state index contributed by atoms with van der Waals surface area (Å²) in [4.78, 5) is 26.1. The second-order valence-corrected chi connectivity index (χ2v) is 7.32. The first kappa shape index (κ1) is 17.2. The maximum absolute atomic E-state index is 12.5. The van der Waals surface area contributed by atoms with Gasteiger partial charge < -0.3 is 9.64 Å². The van der Waals surface area contributed by atoms with Gasteiger partial charge in [-0.15, -0.1) is 0 Å². The third-order valence-corrected chi connectivity index (χ3v) is 4.27. The summed E-state index contributed by atoms with van der Waals surface area (Å²) in [7, 11) is 1.73. The minimum atomic E-state index is -0.463. The molecule has 1 aliphatic heterocycles. The van der Waals surface area contributed by atoms with E-state index in [0.717, 1.165) is 17.8 Å². The highest BCUT2D eigenvalue weighted by Gasteiger charge is 2.24. The fourth-order valence-electron chi connectivity index (χ4n) is 2.82. The summed E-state index contributed by atoms with van der Waals surface area (Å²) in [6.45, 7) is 6.83. The van der Waals surface area contributed by atoms with E-state index in [1.165, 1.54) is 4.68 Å². The van der Waals surface area contributed by atoms with Gasteiger partial charge in [-0.25, -0.2) is 4.79 Å². The van der Waals surface area contributed by atoms with Crippen molar-refractivity contribution in [2.45, 2.75) is 39.0 Å². The number of anilines is 1. The first-order valence-electron chi connectivity index (χ1n) is 8.43. The minimum Gasteiger partial charge on any atom is -0.422 e. The topological polar surface area (TPSA) is 64.4 Å². The molecular weight excluding hydrogens is 318 g/mol. The molecule has 0 saturated carbocycles. The molecule has 0 spiro atoms. The van der Waals surface area contributed by atoms with Crippen molar-refractivity contribution < 1.29 is 14.3 Å². The van der Waals surface area contributed by atoms with Crippen molar-refractivity contribution in [2.75, 3.05) is 11.4 Å². The van der Waals surface area contributed by atoms with Crippen LogP contribution in [0.5, 0.6) is 5.75 Å². The lowest BCUT2D eigenvalue weighted by Gasteiger charge is -2.16. The maximum Gasteiger partial charge on any atom is 0.361 e. The highest BCUT2D eigenvalue weighted by molar-refractivity contribution is 5.95. The zero-order valence-electron chi connectivity index (χ0n) is 15.1. The number of hydrogen-bond donors (Lipinski definition) is 0. The molecule has 1 amide bonds.